The van der Waals surface area contributed by atoms with Crippen molar-refractivity contribution in [2.45, 2.75) is 37.3 Å². The number of alkyl halides is 2. The van der Waals surface area contributed by atoms with Gasteiger partial charge in [0.15, 0.2) is 5.65 Å². The number of amides is 1. The molecule has 1 aliphatic heterocycles. The van der Waals surface area contributed by atoms with Crippen LogP contribution in [0.2, 0.25) is 0 Å². The van der Waals surface area contributed by atoms with Gasteiger partial charge in [-0.3, -0.25) is 9.59 Å². The molecule has 1 aliphatic carbocycles. The van der Waals surface area contributed by atoms with Crippen LogP contribution < -0.4 is 21.5 Å². The number of nitrogens with one attached hydrogen (secondary N) is 3. The number of fused-ring (bicyclic) bond motifs is 1. The van der Waals surface area contributed by atoms with Gasteiger partial charge in [-0.05, 0) is 38.4 Å². The number of hydrogen-bond donors (Lipinski definition) is 3. The summed E-state index contributed by atoms with van der Waals surface area (Å²) in [5, 5.41) is 13.1. The van der Waals surface area contributed by atoms with Gasteiger partial charge >= 0.3 is 0 Å². The summed E-state index contributed by atoms with van der Waals surface area (Å²) in [5.74, 6) is -2.48. The van der Waals surface area contributed by atoms with Crippen LogP contribution in [0.3, 0.4) is 0 Å². The Morgan fingerprint density at radius 2 is 2.06 bits per heavy atom. The smallest absolute Gasteiger partial charge is 0.280 e. The van der Waals surface area contributed by atoms with Gasteiger partial charge in [0.25, 0.3) is 17.4 Å². The summed E-state index contributed by atoms with van der Waals surface area (Å²) in [5.41, 5.74) is 0.165. The maximum atomic E-state index is 14.7. The molecule has 1 saturated carbocycles. The van der Waals surface area contributed by atoms with E-state index in [1.807, 2.05) is 0 Å². The number of likely N-dealkylation sites (tertiary alicyclic amines) is 1. The minimum atomic E-state index is -3.03. The Morgan fingerprint density at radius 1 is 1.26 bits per heavy atom. The average molecular weight is 473 g/mol. The summed E-state index contributed by atoms with van der Waals surface area (Å²) in [7, 11) is 3.34. The second-order valence-electron chi connectivity index (χ2n) is 8.88. The van der Waals surface area contributed by atoms with E-state index in [9.17, 15) is 18.4 Å². The molecule has 10 nitrogen and oxygen atoms in total. The molecule has 1 saturated heterocycles. The highest BCUT2D eigenvalue weighted by Gasteiger charge is 2.45. The first kappa shape index (κ1) is 22.3. The van der Waals surface area contributed by atoms with Gasteiger partial charge in [-0.2, -0.15) is 9.61 Å². The molecular formula is C22H26F2N8O2. The first-order chi connectivity index (χ1) is 16.3. The van der Waals surface area contributed by atoms with Gasteiger partial charge < -0.3 is 25.4 Å². The number of carbonyl (C=O) groups excluding carboxylic acids is 1. The Bertz CT molecular complexity index is 1300. The second-order valence-corrected chi connectivity index (χ2v) is 8.88. The molecule has 3 aromatic heterocycles. The number of halogens is 2. The van der Waals surface area contributed by atoms with Crippen LogP contribution in [-0.4, -0.2) is 69.1 Å². The lowest BCUT2D eigenvalue weighted by Crippen LogP contribution is -2.49. The third-order valence-electron chi connectivity index (χ3n) is 6.21. The predicted molar refractivity (Wildman–Crippen MR) is 123 cm³/mol. The lowest BCUT2D eigenvalue weighted by Gasteiger charge is -2.37. The molecule has 2 fully saturated rings. The third kappa shape index (κ3) is 4.09. The standard InChI is InChI=1S/C22H26F2N8O2/c1-25-18-10-17(29-19-14(11-26-32(18)19)20(33)27-13-5-6-13)28-15-4-3-8-31(21(15)34)16-7-9-30(2)12-22(16,23)24/h3-4,8,10-11,13,16,25H,5-7,9,12H2,1-2H3,(H,27,33)(H,28,29)/t16-/m0/s1. The molecule has 2 aliphatic rings. The molecule has 1 atom stereocenters. The van der Waals surface area contributed by atoms with E-state index in [2.05, 4.69) is 26.0 Å². The molecule has 5 rings (SSSR count). The van der Waals surface area contributed by atoms with Gasteiger partial charge in [0.1, 0.15) is 28.9 Å². The molecule has 0 radical (unpaired) electrons. The fourth-order valence-corrected chi connectivity index (χ4v) is 4.29. The fourth-order valence-electron chi connectivity index (χ4n) is 4.29. The van der Waals surface area contributed by atoms with Crippen LogP contribution >= 0.6 is 0 Å². The summed E-state index contributed by atoms with van der Waals surface area (Å²) >= 11 is 0. The number of pyridine rings is 1. The Hall–Kier alpha value is -3.54. The highest BCUT2D eigenvalue weighted by Crippen LogP contribution is 2.35. The van der Waals surface area contributed by atoms with E-state index in [1.165, 1.54) is 23.0 Å². The van der Waals surface area contributed by atoms with Crippen molar-refractivity contribution in [2.75, 3.05) is 37.8 Å². The van der Waals surface area contributed by atoms with Crippen molar-refractivity contribution in [1.29, 1.82) is 0 Å². The number of rotatable bonds is 6. The van der Waals surface area contributed by atoms with Crippen molar-refractivity contribution in [2.24, 2.45) is 0 Å². The van der Waals surface area contributed by atoms with Gasteiger partial charge in [0.05, 0.1) is 12.7 Å². The highest BCUT2D eigenvalue weighted by atomic mass is 19.3. The van der Waals surface area contributed by atoms with Crippen molar-refractivity contribution >= 4 is 28.9 Å². The molecule has 0 spiro atoms. The van der Waals surface area contributed by atoms with Crippen LogP contribution in [0.5, 0.6) is 0 Å². The molecule has 0 unspecified atom stereocenters. The third-order valence-corrected chi connectivity index (χ3v) is 6.21. The molecule has 4 heterocycles. The fraction of sp³-hybridized carbons (Fsp3) is 0.455. The Labute approximate surface area is 194 Å². The van der Waals surface area contributed by atoms with E-state index in [1.54, 1.807) is 31.1 Å². The van der Waals surface area contributed by atoms with Crippen LogP contribution in [0.15, 0.2) is 35.4 Å². The van der Waals surface area contributed by atoms with Gasteiger partial charge in [0, 0.05) is 31.9 Å². The zero-order valence-electron chi connectivity index (χ0n) is 18.9. The van der Waals surface area contributed by atoms with Crippen LogP contribution in [0.1, 0.15) is 35.7 Å². The van der Waals surface area contributed by atoms with Crippen LogP contribution in [0, 0.1) is 0 Å². The van der Waals surface area contributed by atoms with Gasteiger partial charge in [-0.15, -0.1) is 0 Å². The van der Waals surface area contributed by atoms with E-state index in [4.69, 9.17) is 0 Å². The van der Waals surface area contributed by atoms with Crippen molar-refractivity contribution in [1.82, 2.24) is 29.4 Å². The second kappa shape index (κ2) is 8.35. The van der Waals surface area contributed by atoms with E-state index >= 15 is 0 Å². The SMILES string of the molecule is CNc1cc(Nc2cccn([C@H]3CCN(C)CC3(F)F)c2=O)nc2c(C(=O)NC3CC3)cnn12. The lowest BCUT2D eigenvalue weighted by atomic mass is 10.0. The Kier molecular flexibility index (Phi) is 5.47. The molecule has 0 bridgehead atoms. The monoisotopic (exact) mass is 472 g/mol. The number of anilines is 3. The number of carbonyl (C=O) groups is 1. The topological polar surface area (TPSA) is 109 Å². The van der Waals surface area contributed by atoms with Gasteiger partial charge in [0.2, 0.25) is 0 Å². The highest BCUT2D eigenvalue weighted by molar-refractivity contribution is 6.00. The average Bonchev–Trinajstić information content (AvgIpc) is 3.49. The quantitative estimate of drug-likeness (QED) is 0.504. The number of hydrogen-bond acceptors (Lipinski definition) is 7. The predicted octanol–water partition coefficient (Wildman–Crippen LogP) is 2.08. The van der Waals surface area contributed by atoms with E-state index in [0.29, 0.717) is 23.6 Å². The molecule has 180 valence electrons. The zero-order valence-corrected chi connectivity index (χ0v) is 18.9. The molecule has 34 heavy (non-hydrogen) atoms. The maximum Gasteiger partial charge on any atom is 0.280 e. The molecule has 1 amide bonds. The lowest BCUT2D eigenvalue weighted by molar-refractivity contribution is -0.0988. The summed E-state index contributed by atoms with van der Waals surface area (Å²) in [6.45, 7) is 0.0689. The number of nitrogens with zero attached hydrogens (tertiary/aromatic N) is 5. The molecular weight excluding hydrogens is 446 g/mol. The first-order valence-corrected chi connectivity index (χ1v) is 11.2. The molecule has 0 aromatic carbocycles. The normalized spacial score (nSPS) is 20.3. The summed E-state index contributed by atoms with van der Waals surface area (Å²) in [6, 6.07) is 3.65. The van der Waals surface area contributed by atoms with Crippen molar-refractivity contribution < 1.29 is 13.6 Å². The molecule has 3 N–H and O–H groups in total. The van der Waals surface area contributed by atoms with Crippen LogP contribution in [0.4, 0.5) is 26.1 Å². The number of piperidine rings is 1. The molecule has 3 aromatic rings. The van der Waals surface area contributed by atoms with Gasteiger partial charge in [-0.25, -0.2) is 13.8 Å². The van der Waals surface area contributed by atoms with Crippen LogP contribution in [0.25, 0.3) is 5.65 Å². The Balaban J connectivity index is 1.49. The van der Waals surface area contributed by atoms with E-state index < -0.39 is 24.1 Å². The largest absolute Gasteiger partial charge is 0.373 e. The maximum absolute atomic E-state index is 14.7. The zero-order chi connectivity index (χ0) is 24.0. The summed E-state index contributed by atoms with van der Waals surface area (Å²) in [6.07, 6.45) is 4.90. The van der Waals surface area contributed by atoms with Crippen LogP contribution in [-0.2, 0) is 0 Å². The van der Waals surface area contributed by atoms with E-state index in [-0.39, 0.29) is 29.9 Å². The molecule has 12 heteroatoms. The minimum absolute atomic E-state index is 0.111. The van der Waals surface area contributed by atoms with Gasteiger partial charge in [-0.1, -0.05) is 0 Å². The minimum Gasteiger partial charge on any atom is -0.373 e. The number of aromatic nitrogens is 4. The van der Waals surface area contributed by atoms with Crippen molar-refractivity contribution in [3.05, 3.63) is 46.5 Å². The first-order valence-electron chi connectivity index (χ1n) is 11.2. The van der Waals surface area contributed by atoms with E-state index in [0.717, 1.165) is 17.4 Å². The summed E-state index contributed by atoms with van der Waals surface area (Å²) < 4.78 is 32.0. The summed E-state index contributed by atoms with van der Waals surface area (Å²) in [4.78, 5) is 31.8. The Morgan fingerprint density at radius 3 is 2.76 bits per heavy atom. The van der Waals surface area contributed by atoms with Crippen molar-refractivity contribution in [3.63, 3.8) is 0 Å². The van der Waals surface area contributed by atoms with Crippen molar-refractivity contribution in [3.8, 4) is 0 Å².